The van der Waals surface area contributed by atoms with Crippen molar-refractivity contribution in [3.05, 3.63) is 28.8 Å². The summed E-state index contributed by atoms with van der Waals surface area (Å²) in [7, 11) is 1.63. The maximum atomic E-state index is 12.0. The average molecular weight is 331 g/mol. The highest BCUT2D eigenvalue weighted by Gasteiger charge is 2.29. The molecule has 128 valence electrons. The smallest absolute Gasteiger partial charge is 0.322 e. The Morgan fingerprint density at radius 1 is 1.29 bits per heavy atom. The highest BCUT2D eigenvalue weighted by Crippen LogP contribution is 2.29. The molecular weight excluding hydrogens is 310 g/mol. The summed E-state index contributed by atoms with van der Waals surface area (Å²) in [6, 6.07) is 3.03. The van der Waals surface area contributed by atoms with Gasteiger partial charge >= 0.3 is 6.03 Å². The van der Waals surface area contributed by atoms with Crippen LogP contribution in [0.1, 0.15) is 36.0 Å². The average Bonchev–Trinajstić information content (AvgIpc) is 3.14. The number of amides is 4. The van der Waals surface area contributed by atoms with Crippen LogP contribution in [-0.2, 0) is 29.0 Å². The van der Waals surface area contributed by atoms with Crippen LogP contribution in [0.2, 0.25) is 0 Å². The predicted octanol–water partition coefficient (Wildman–Crippen LogP) is 0.788. The third-order valence-electron chi connectivity index (χ3n) is 4.49. The minimum atomic E-state index is -0.627. The molecule has 1 aromatic carbocycles. The van der Waals surface area contributed by atoms with Gasteiger partial charge in [0.15, 0.2) is 0 Å². The van der Waals surface area contributed by atoms with Gasteiger partial charge in [-0.3, -0.25) is 14.9 Å². The van der Waals surface area contributed by atoms with Gasteiger partial charge in [0.2, 0.25) is 5.91 Å². The monoisotopic (exact) mass is 331 g/mol. The molecule has 1 heterocycles. The van der Waals surface area contributed by atoms with E-state index in [2.05, 4.69) is 28.1 Å². The number of rotatable bonds is 6. The second kappa shape index (κ2) is 6.90. The molecule has 7 nitrogen and oxygen atoms in total. The first kappa shape index (κ1) is 16.3. The molecule has 1 aromatic rings. The number of carbonyl (C=O) groups excluding carboxylic acids is 3. The number of hydrogen-bond donors (Lipinski definition) is 3. The standard InChI is InChI=1S/C17H21N3O4/c1-24-14-8-11-4-2-3-10(11)7-12(14)9-18-15(21)6-5-13-16(22)20-17(23)19-13/h7-8,13H,2-6,9H2,1H3,(H,18,21)(H2,19,20,22,23)/t13-/m0/s1. The van der Waals surface area contributed by atoms with Crippen LogP contribution >= 0.6 is 0 Å². The zero-order valence-electron chi connectivity index (χ0n) is 13.6. The van der Waals surface area contributed by atoms with Gasteiger partial charge in [-0.2, -0.15) is 0 Å². The summed E-state index contributed by atoms with van der Waals surface area (Å²) in [6.07, 6.45) is 3.75. The highest BCUT2D eigenvalue weighted by atomic mass is 16.5. The van der Waals surface area contributed by atoms with Gasteiger partial charge in [0.25, 0.3) is 5.91 Å². The lowest BCUT2D eigenvalue weighted by atomic mass is 10.0. The lowest BCUT2D eigenvalue weighted by Crippen LogP contribution is -2.31. The Kier molecular flexibility index (Phi) is 4.69. The Hall–Kier alpha value is -2.57. The van der Waals surface area contributed by atoms with E-state index < -0.39 is 12.1 Å². The van der Waals surface area contributed by atoms with Gasteiger partial charge in [-0.25, -0.2) is 4.79 Å². The Labute approximate surface area is 140 Å². The van der Waals surface area contributed by atoms with Gasteiger partial charge in [0.1, 0.15) is 11.8 Å². The fourth-order valence-corrected chi connectivity index (χ4v) is 3.20. The number of fused-ring (bicyclic) bond motifs is 1. The zero-order chi connectivity index (χ0) is 17.1. The molecule has 1 aliphatic heterocycles. The van der Waals surface area contributed by atoms with Crippen LogP contribution in [0.25, 0.3) is 0 Å². The van der Waals surface area contributed by atoms with Crippen molar-refractivity contribution in [3.8, 4) is 5.75 Å². The highest BCUT2D eigenvalue weighted by molar-refractivity contribution is 6.04. The van der Waals surface area contributed by atoms with Crippen molar-refractivity contribution in [3.63, 3.8) is 0 Å². The van der Waals surface area contributed by atoms with Gasteiger partial charge in [-0.1, -0.05) is 6.07 Å². The summed E-state index contributed by atoms with van der Waals surface area (Å²) in [5.74, 6) is 0.248. The molecule has 0 bridgehead atoms. The molecule has 1 fully saturated rings. The van der Waals surface area contributed by atoms with Gasteiger partial charge in [0, 0.05) is 18.5 Å². The number of hydrogen-bond acceptors (Lipinski definition) is 4. The van der Waals surface area contributed by atoms with Crippen LogP contribution < -0.4 is 20.7 Å². The molecule has 0 aromatic heterocycles. The zero-order valence-corrected chi connectivity index (χ0v) is 13.6. The number of methoxy groups -OCH3 is 1. The third kappa shape index (κ3) is 3.50. The summed E-state index contributed by atoms with van der Waals surface area (Å²) in [6.45, 7) is 0.387. The topological polar surface area (TPSA) is 96.5 Å². The minimum Gasteiger partial charge on any atom is -0.496 e. The molecule has 3 rings (SSSR count). The first-order valence-electron chi connectivity index (χ1n) is 8.13. The number of nitrogens with one attached hydrogen (secondary N) is 3. The molecule has 2 aliphatic rings. The Bertz CT molecular complexity index is 687. The van der Waals surface area contributed by atoms with Crippen molar-refractivity contribution >= 4 is 17.8 Å². The van der Waals surface area contributed by atoms with Crippen molar-refractivity contribution < 1.29 is 19.1 Å². The van der Waals surface area contributed by atoms with Crippen LogP contribution in [-0.4, -0.2) is 31.0 Å². The predicted molar refractivity (Wildman–Crippen MR) is 86.6 cm³/mol. The van der Waals surface area contributed by atoms with Crippen LogP contribution in [0.5, 0.6) is 5.75 Å². The van der Waals surface area contributed by atoms with E-state index in [-0.39, 0.29) is 24.7 Å². The Morgan fingerprint density at radius 2 is 2.04 bits per heavy atom. The molecule has 1 aliphatic carbocycles. The molecule has 7 heteroatoms. The Balaban J connectivity index is 1.53. The van der Waals surface area contributed by atoms with Crippen LogP contribution in [0, 0.1) is 0 Å². The van der Waals surface area contributed by atoms with Gasteiger partial charge in [0.05, 0.1) is 7.11 Å². The fraction of sp³-hybridized carbons (Fsp3) is 0.471. The third-order valence-corrected chi connectivity index (χ3v) is 4.49. The molecule has 4 amide bonds. The van der Waals surface area contributed by atoms with Crippen molar-refractivity contribution in [2.24, 2.45) is 0 Å². The number of carbonyl (C=O) groups is 3. The van der Waals surface area contributed by atoms with E-state index in [1.54, 1.807) is 7.11 Å². The summed E-state index contributed by atoms with van der Waals surface area (Å²) in [5.41, 5.74) is 3.61. The number of benzene rings is 1. The number of aryl methyl sites for hydroxylation is 2. The van der Waals surface area contributed by atoms with E-state index in [0.717, 1.165) is 30.6 Å². The second-order valence-electron chi connectivity index (χ2n) is 6.12. The quantitative estimate of drug-likeness (QED) is 0.672. The van der Waals surface area contributed by atoms with Crippen LogP contribution in [0.3, 0.4) is 0 Å². The van der Waals surface area contributed by atoms with E-state index in [4.69, 9.17) is 4.74 Å². The maximum absolute atomic E-state index is 12.0. The van der Waals surface area contributed by atoms with E-state index >= 15 is 0 Å². The first-order valence-corrected chi connectivity index (χ1v) is 8.13. The van der Waals surface area contributed by atoms with Gasteiger partial charge in [-0.05, 0) is 42.9 Å². The van der Waals surface area contributed by atoms with Crippen LogP contribution in [0.15, 0.2) is 12.1 Å². The molecule has 1 atom stereocenters. The number of ether oxygens (including phenoxy) is 1. The van der Waals surface area contributed by atoms with Crippen molar-refractivity contribution in [2.45, 2.75) is 44.7 Å². The van der Waals surface area contributed by atoms with E-state index in [0.29, 0.717) is 6.54 Å². The second-order valence-corrected chi connectivity index (χ2v) is 6.12. The van der Waals surface area contributed by atoms with E-state index in [1.807, 2.05) is 0 Å². The van der Waals surface area contributed by atoms with Gasteiger partial charge in [-0.15, -0.1) is 0 Å². The molecule has 24 heavy (non-hydrogen) atoms. The summed E-state index contributed by atoms with van der Waals surface area (Å²) in [5, 5.41) is 7.48. The molecule has 0 spiro atoms. The van der Waals surface area contributed by atoms with E-state index in [1.165, 1.54) is 11.1 Å². The summed E-state index contributed by atoms with van der Waals surface area (Å²) < 4.78 is 5.42. The maximum Gasteiger partial charge on any atom is 0.322 e. The number of urea groups is 1. The molecule has 3 N–H and O–H groups in total. The normalized spacial score (nSPS) is 18.8. The fourth-order valence-electron chi connectivity index (χ4n) is 3.20. The molecule has 0 saturated carbocycles. The van der Waals surface area contributed by atoms with Gasteiger partial charge < -0.3 is 15.4 Å². The van der Waals surface area contributed by atoms with E-state index in [9.17, 15) is 14.4 Å². The molecular formula is C17H21N3O4. The molecule has 1 saturated heterocycles. The Morgan fingerprint density at radius 3 is 2.71 bits per heavy atom. The molecule has 0 unspecified atom stereocenters. The lowest BCUT2D eigenvalue weighted by Gasteiger charge is -2.13. The van der Waals surface area contributed by atoms with Crippen molar-refractivity contribution in [2.75, 3.05) is 7.11 Å². The van der Waals surface area contributed by atoms with Crippen molar-refractivity contribution in [1.82, 2.24) is 16.0 Å². The molecule has 0 radical (unpaired) electrons. The van der Waals surface area contributed by atoms with Crippen LogP contribution in [0.4, 0.5) is 4.79 Å². The minimum absolute atomic E-state index is 0.161. The summed E-state index contributed by atoms with van der Waals surface area (Å²) >= 11 is 0. The first-order chi connectivity index (χ1) is 11.6. The largest absolute Gasteiger partial charge is 0.496 e. The van der Waals surface area contributed by atoms with Crippen molar-refractivity contribution in [1.29, 1.82) is 0 Å². The summed E-state index contributed by atoms with van der Waals surface area (Å²) in [4.78, 5) is 34.4. The number of imide groups is 1. The SMILES string of the molecule is COc1cc2c(cc1CNC(=O)CC[C@@H]1NC(=O)NC1=O)CCC2. The lowest BCUT2D eigenvalue weighted by molar-refractivity contribution is -0.122.